The molecule has 5 rings (SSSR count). The molecule has 0 atom stereocenters. The Morgan fingerprint density at radius 1 is 1.06 bits per heavy atom. The molecule has 0 spiro atoms. The van der Waals surface area contributed by atoms with Crippen molar-refractivity contribution in [2.45, 2.75) is 16.5 Å². The number of rotatable bonds is 6. The van der Waals surface area contributed by atoms with E-state index in [9.17, 15) is 8.42 Å². The maximum absolute atomic E-state index is 13.3. The maximum atomic E-state index is 13.3. The Hall–Kier alpha value is -2.82. The number of nitrogens with one attached hydrogen (secondary N) is 1. The van der Waals surface area contributed by atoms with E-state index >= 15 is 0 Å². The van der Waals surface area contributed by atoms with Gasteiger partial charge in [0.05, 0.1) is 9.77 Å². The minimum atomic E-state index is -3.90. The van der Waals surface area contributed by atoms with Crippen LogP contribution >= 0.6 is 27.3 Å². The molecule has 0 amide bonds. The molecule has 1 aliphatic rings. The lowest BCUT2D eigenvalue weighted by molar-refractivity contribution is 0.174. The van der Waals surface area contributed by atoms with Crippen molar-refractivity contribution in [1.29, 1.82) is 0 Å². The predicted molar refractivity (Wildman–Crippen MR) is 119 cm³/mol. The minimum Gasteiger partial charge on any atom is -0.454 e. The second-order valence-corrected chi connectivity index (χ2v) is 10.4. The first-order valence-corrected chi connectivity index (χ1v) is 12.3. The summed E-state index contributed by atoms with van der Waals surface area (Å²) in [7, 11) is -3.90. The van der Waals surface area contributed by atoms with Gasteiger partial charge in [0.2, 0.25) is 33.4 Å². The summed E-state index contributed by atoms with van der Waals surface area (Å²) in [5, 5.41) is 4.80. The van der Waals surface area contributed by atoms with Crippen molar-refractivity contribution in [1.82, 2.24) is 4.98 Å². The van der Waals surface area contributed by atoms with E-state index in [4.69, 9.17) is 13.9 Å². The molecule has 0 aliphatic carbocycles. The van der Waals surface area contributed by atoms with Crippen LogP contribution < -0.4 is 14.8 Å². The zero-order chi connectivity index (χ0) is 21.4. The summed E-state index contributed by atoms with van der Waals surface area (Å²) in [4.78, 5) is 5.20. The van der Waals surface area contributed by atoms with E-state index in [1.807, 2.05) is 35.7 Å². The molecule has 1 N–H and O–H groups in total. The van der Waals surface area contributed by atoms with E-state index in [0.29, 0.717) is 18.0 Å². The number of thiophene rings is 1. The molecule has 7 nitrogen and oxygen atoms in total. The SMILES string of the molecule is O=S(=O)(c1ccc(Br)cc1)c1nc(-c2cccs2)oc1NCc1ccc2c(c1)OCO2. The summed E-state index contributed by atoms with van der Waals surface area (Å²) >= 11 is 4.74. The van der Waals surface area contributed by atoms with Gasteiger partial charge in [-0.2, -0.15) is 4.98 Å². The average molecular weight is 519 g/mol. The third kappa shape index (κ3) is 3.93. The third-order valence-electron chi connectivity index (χ3n) is 4.60. The first-order valence-electron chi connectivity index (χ1n) is 9.18. The molecule has 10 heteroatoms. The van der Waals surface area contributed by atoms with Crippen LogP contribution in [0.2, 0.25) is 0 Å². The van der Waals surface area contributed by atoms with Crippen LogP contribution in [0.1, 0.15) is 5.56 Å². The summed E-state index contributed by atoms with van der Waals surface area (Å²) in [5.74, 6) is 1.67. The quantitative estimate of drug-likeness (QED) is 0.368. The Balaban J connectivity index is 1.50. The van der Waals surface area contributed by atoms with Crippen molar-refractivity contribution in [3.8, 4) is 22.3 Å². The molecule has 0 radical (unpaired) electrons. The Bertz CT molecular complexity index is 1330. The average Bonchev–Trinajstić information content (AvgIpc) is 3.52. The van der Waals surface area contributed by atoms with Crippen molar-refractivity contribution in [2.75, 3.05) is 12.1 Å². The van der Waals surface area contributed by atoms with Crippen LogP contribution in [0.4, 0.5) is 5.88 Å². The topological polar surface area (TPSA) is 90.7 Å². The maximum Gasteiger partial charge on any atom is 0.240 e. The predicted octanol–water partition coefficient (Wildman–Crippen LogP) is 5.34. The first kappa shape index (κ1) is 20.1. The number of benzene rings is 2. The molecule has 4 aromatic rings. The smallest absolute Gasteiger partial charge is 0.240 e. The molecule has 31 heavy (non-hydrogen) atoms. The fraction of sp³-hybridized carbons (Fsp3) is 0.0952. The van der Waals surface area contributed by atoms with Gasteiger partial charge in [-0.25, -0.2) is 8.42 Å². The van der Waals surface area contributed by atoms with Crippen LogP contribution in [0.15, 0.2) is 78.8 Å². The lowest BCUT2D eigenvalue weighted by Crippen LogP contribution is -2.07. The van der Waals surface area contributed by atoms with Crippen LogP contribution in [0.3, 0.4) is 0 Å². The molecule has 0 saturated carbocycles. The largest absolute Gasteiger partial charge is 0.454 e. The standard InChI is InChI=1S/C21H15BrN2O5S2/c22-14-4-6-15(7-5-14)31(25,26)21-20(29-19(24-21)18-2-1-9-30-18)23-11-13-3-8-16-17(10-13)28-12-27-16/h1-10,23H,11-12H2. The van der Waals surface area contributed by atoms with Gasteiger partial charge in [0.25, 0.3) is 0 Å². The molecule has 2 aromatic heterocycles. The number of fused-ring (bicyclic) bond motifs is 1. The highest BCUT2D eigenvalue weighted by Crippen LogP contribution is 2.36. The fourth-order valence-electron chi connectivity index (χ4n) is 3.06. The molecule has 0 unspecified atom stereocenters. The van der Waals surface area contributed by atoms with Crippen molar-refractivity contribution in [2.24, 2.45) is 0 Å². The normalized spacial score (nSPS) is 12.8. The third-order valence-corrected chi connectivity index (χ3v) is 7.66. The highest BCUT2D eigenvalue weighted by molar-refractivity contribution is 9.10. The highest BCUT2D eigenvalue weighted by Gasteiger charge is 2.29. The van der Waals surface area contributed by atoms with Crippen LogP contribution in [-0.2, 0) is 16.4 Å². The molecule has 0 saturated heterocycles. The summed E-state index contributed by atoms with van der Waals surface area (Å²) in [5.41, 5.74) is 0.880. The second kappa shape index (κ2) is 8.03. The Morgan fingerprint density at radius 2 is 1.87 bits per heavy atom. The van der Waals surface area contributed by atoms with Gasteiger partial charge < -0.3 is 19.2 Å². The minimum absolute atomic E-state index is 0.0870. The van der Waals surface area contributed by atoms with E-state index in [-0.39, 0.29) is 28.5 Å². The van der Waals surface area contributed by atoms with Gasteiger partial charge in [-0.15, -0.1) is 11.3 Å². The highest BCUT2D eigenvalue weighted by atomic mass is 79.9. The van der Waals surface area contributed by atoms with Crippen molar-refractivity contribution in [3.63, 3.8) is 0 Å². The van der Waals surface area contributed by atoms with Gasteiger partial charge in [0.15, 0.2) is 11.5 Å². The van der Waals surface area contributed by atoms with Crippen molar-refractivity contribution in [3.05, 3.63) is 70.0 Å². The zero-order valence-electron chi connectivity index (χ0n) is 15.9. The summed E-state index contributed by atoms with van der Waals surface area (Å²) in [6.45, 7) is 0.507. The van der Waals surface area contributed by atoms with Crippen LogP contribution in [0.5, 0.6) is 11.5 Å². The molecule has 0 fully saturated rings. The van der Waals surface area contributed by atoms with E-state index in [1.54, 1.807) is 12.1 Å². The van der Waals surface area contributed by atoms with Crippen LogP contribution in [0, 0.1) is 0 Å². The Morgan fingerprint density at radius 3 is 2.65 bits per heavy atom. The number of sulfone groups is 1. The lowest BCUT2D eigenvalue weighted by atomic mass is 10.2. The zero-order valence-corrected chi connectivity index (χ0v) is 19.1. The van der Waals surface area contributed by atoms with Gasteiger partial charge in [-0.1, -0.05) is 28.1 Å². The molecule has 0 bridgehead atoms. The first-order chi connectivity index (χ1) is 15.0. The van der Waals surface area contributed by atoms with Gasteiger partial charge in [-0.05, 0) is 53.4 Å². The van der Waals surface area contributed by atoms with E-state index in [1.165, 1.54) is 23.5 Å². The van der Waals surface area contributed by atoms with E-state index < -0.39 is 9.84 Å². The molecular formula is C21H15BrN2O5S2. The van der Waals surface area contributed by atoms with Gasteiger partial charge in [0.1, 0.15) is 0 Å². The molecule has 3 heterocycles. The number of anilines is 1. The fourth-order valence-corrected chi connectivity index (χ4v) is 5.26. The van der Waals surface area contributed by atoms with Crippen molar-refractivity contribution >= 4 is 43.0 Å². The summed E-state index contributed by atoms with van der Waals surface area (Å²) in [6.07, 6.45) is 0. The summed E-state index contributed by atoms with van der Waals surface area (Å²) < 4.78 is 44.0. The number of hydrogen-bond donors (Lipinski definition) is 1. The van der Waals surface area contributed by atoms with Crippen molar-refractivity contribution < 1.29 is 22.3 Å². The summed E-state index contributed by atoms with van der Waals surface area (Å²) in [6, 6.07) is 15.6. The van der Waals surface area contributed by atoms with Gasteiger partial charge in [0, 0.05) is 11.0 Å². The second-order valence-electron chi connectivity index (χ2n) is 6.63. The number of aromatic nitrogens is 1. The van der Waals surface area contributed by atoms with E-state index in [2.05, 4.69) is 26.2 Å². The van der Waals surface area contributed by atoms with E-state index in [0.717, 1.165) is 14.9 Å². The lowest BCUT2D eigenvalue weighted by Gasteiger charge is -2.07. The monoisotopic (exact) mass is 518 g/mol. The number of oxazole rings is 1. The van der Waals surface area contributed by atoms with Gasteiger partial charge in [-0.3, -0.25) is 0 Å². The van der Waals surface area contributed by atoms with Crippen LogP contribution in [-0.4, -0.2) is 20.2 Å². The Labute approximate surface area is 190 Å². The van der Waals surface area contributed by atoms with Gasteiger partial charge >= 0.3 is 0 Å². The number of ether oxygens (including phenoxy) is 2. The Kier molecular flexibility index (Phi) is 5.20. The number of hydrogen-bond acceptors (Lipinski definition) is 8. The molecular weight excluding hydrogens is 504 g/mol. The number of halogens is 1. The van der Waals surface area contributed by atoms with Crippen LogP contribution in [0.25, 0.3) is 10.8 Å². The molecule has 1 aliphatic heterocycles. The molecule has 158 valence electrons. The number of nitrogens with zero attached hydrogens (tertiary/aromatic N) is 1. The molecule has 2 aromatic carbocycles.